The van der Waals surface area contributed by atoms with Crippen LogP contribution in [-0.4, -0.2) is 56.8 Å². The number of rotatable bonds is 7. The maximum Gasteiger partial charge on any atom is 0.279 e. The Labute approximate surface area is 169 Å². The van der Waals surface area contributed by atoms with E-state index in [-0.39, 0.29) is 5.91 Å². The van der Waals surface area contributed by atoms with E-state index in [1.807, 2.05) is 24.3 Å². The Morgan fingerprint density at radius 1 is 1.07 bits per heavy atom. The van der Waals surface area contributed by atoms with Crippen molar-refractivity contribution in [1.29, 1.82) is 0 Å². The Balaban J connectivity index is 1.34. The Morgan fingerprint density at radius 2 is 1.78 bits per heavy atom. The van der Waals surface area contributed by atoms with Crippen LogP contribution in [-0.2, 0) is 4.79 Å². The predicted octanol–water partition coefficient (Wildman–Crippen LogP) is 0.189. The highest BCUT2D eigenvalue weighted by Gasteiger charge is 2.24. The zero-order chi connectivity index (χ0) is 19.1. The predicted molar refractivity (Wildman–Crippen MR) is 106 cm³/mol. The standard InChI is InChI=1S/C19H22Cl2N4O2/c20-15-3-5-16(6-4-15)27-13-12-24-8-10-25(11-9-24)14-18(26)23-17-2-1-7-22-19(17)21/h1-7H,8-14H2,(H,23,26)/p+2. The molecule has 6 nitrogen and oxygen atoms in total. The molecule has 2 heterocycles. The zero-order valence-corrected chi connectivity index (χ0v) is 16.5. The number of quaternary nitrogens is 2. The number of hydrogen-bond donors (Lipinski definition) is 3. The SMILES string of the molecule is O=C(C[NH+]1CC[NH+](CCOc2ccc(Cl)cc2)CC1)Nc1cccnc1Cl. The molecule has 0 atom stereocenters. The van der Waals surface area contributed by atoms with Gasteiger partial charge in [-0.25, -0.2) is 4.98 Å². The summed E-state index contributed by atoms with van der Waals surface area (Å²) in [6.07, 6.45) is 1.60. The summed E-state index contributed by atoms with van der Waals surface area (Å²) < 4.78 is 5.76. The van der Waals surface area contributed by atoms with E-state index in [1.54, 1.807) is 18.3 Å². The Morgan fingerprint density at radius 3 is 2.48 bits per heavy atom. The number of benzene rings is 1. The van der Waals surface area contributed by atoms with E-state index in [0.717, 1.165) is 38.5 Å². The van der Waals surface area contributed by atoms with E-state index < -0.39 is 0 Å². The molecule has 1 aliphatic rings. The maximum absolute atomic E-state index is 12.2. The van der Waals surface area contributed by atoms with Gasteiger partial charge in [0.05, 0.1) is 5.69 Å². The Kier molecular flexibility index (Phi) is 7.29. The summed E-state index contributed by atoms with van der Waals surface area (Å²) in [5.74, 6) is 0.809. The van der Waals surface area contributed by atoms with Crippen molar-refractivity contribution in [2.75, 3.05) is 51.2 Å². The van der Waals surface area contributed by atoms with Crippen molar-refractivity contribution < 1.29 is 19.3 Å². The molecule has 0 aliphatic carbocycles. The third-order valence-electron chi connectivity index (χ3n) is 4.65. The largest absolute Gasteiger partial charge is 0.488 e. The first-order chi connectivity index (χ1) is 13.1. The number of anilines is 1. The molecule has 1 aliphatic heterocycles. The normalized spacial score (nSPS) is 19.5. The molecule has 1 amide bonds. The molecule has 0 spiro atoms. The van der Waals surface area contributed by atoms with Crippen molar-refractivity contribution >= 4 is 34.8 Å². The number of halogens is 2. The Hall–Kier alpha value is -1.86. The first kappa shape index (κ1) is 19.9. The van der Waals surface area contributed by atoms with E-state index in [1.165, 1.54) is 9.80 Å². The van der Waals surface area contributed by atoms with Crippen molar-refractivity contribution in [3.63, 3.8) is 0 Å². The lowest BCUT2D eigenvalue weighted by molar-refractivity contribution is -1.01. The minimum absolute atomic E-state index is 0.0329. The monoisotopic (exact) mass is 410 g/mol. The molecule has 1 aromatic carbocycles. The van der Waals surface area contributed by atoms with Gasteiger partial charge in [0.25, 0.3) is 5.91 Å². The first-order valence-electron chi connectivity index (χ1n) is 9.06. The van der Waals surface area contributed by atoms with Gasteiger partial charge in [-0.1, -0.05) is 23.2 Å². The molecule has 3 rings (SSSR count). The van der Waals surface area contributed by atoms with E-state index in [9.17, 15) is 4.79 Å². The number of hydrogen-bond acceptors (Lipinski definition) is 3. The second-order valence-corrected chi connectivity index (χ2v) is 7.41. The van der Waals surface area contributed by atoms with Crippen molar-refractivity contribution in [3.8, 4) is 5.75 Å². The van der Waals surface area contributed by atoms with Gasteiger partial charge in [-0.15, -0.1) is 0 Å². The maximum atomic E-state index is 12.2. The number of aromatic nitrogens is 1. The molecule has 1 fully saturated rings. The summed E-state index contributed by atoms with van der Waals surface area (Å²) in [7, 11) is 0. The summed E-state index contributed by atoms with van der Waals surface area (Å²) in [5.41, 5.74) is 0.562. The van der Waals surface area contributed by atoms with Gasteiger partial charge in [-0.2, -0.15) is 0 Å². The first-order valence-corrected chi connectivity index (χ1v) is 9.81. The Bertz CT molecular complexity index is 750. The van der Waals surface area contributed by atoms with Gasteiger partial charge in [0.1, 0.15) is 45.1 Å². The van der Waals surface area contributed by atoms with Crippen molar-refractivity contribution in [1.82, 2.24) is 4.98 Å². The van der Waals surface area contributed by atoms with Crippen LogP contribution in [0.25, 0.3) is 0 Å². The number of amides is 1. The van der Waals surface area contributed by atoms with Gasteiger partial charge in [-0.3, -0.25) is 4.79 Å². The average Bonchev–Trinajstić information content (AvgIpc) is 2.67. The second kappa shape index (κ2) is 9.90. The van der Waals surface area contributed by atoms with Crippen molar-refractivity contribution in [2.45, 2.75) is 0 Å². The van der Waals surface area contributed by atoms with Crippen LogP contribution in [0, 0.1) is 0 Å². The molecule has 144 valence electrons. The number of nitrogens with one attached hydrogen (secondary N) is 3. The highest BCUT2D eigenvalue weighted by atomic mass is 35.5. The minimum Gasteiger partial charge on any atom is -0.488 e. The smallest absolute Gasteiger partial charge is 0.279 e. The van der Waals surface area contributed by atoms with Crippen LogP contribution in [0.15, 0.2) is 42.6 Å². The lowest BCUT2D eigenvalue weighted by atomic mass is 10.3. The summed E-state index contributed by atoms with van der Waals surface area (Å²) in [6.45, 7) is 6.05. The fraction of sp³-hybridized carbons (Fsp3) is 0.368. The van der Waals surface area contributed by atoms with Crippen LogP contribution >= 0.6 is 23.2 Å². The molecular weight excluding hydrogens is 387 g/mol. The molecule has 3 N–H and O–H groups in total. The van der Waals surface area contributed by atoms with E-state index in [4.69, 9.17) is 27.9 Å². The zero-order valence-electron chi connectivity index (χ0n) is 15.0. The number of carbonyl (C=O) groups excluding carboxylic acids is 1. The lowest BCUT2D eigenvalue weighted by Crippen LogP contribution is -3.28. The number of nitrogens with zero attached hydrogens (tertiary/aromatic N) is 1. The summed E-state index contributed by atoms with van der Waals surface area (Å²) in [6, 6.07) is 10.9. The molecule has 0 unspecified atom stereocenters. The highest BCUT2D eigenvalue weighted by molar-refractivity contribution is 6.32. The third-order valence-corrected chi connectivity index (χ3v) is 5.20. The summed E-state index contributed by atoms with van der Waals surface area (Å²) in [5, 5.41) is 3.86. The highest BCUT2D eigenvalue weighted by Crippen LogP contribution is 2.17. The topological polar surface area (TPSA) is 60.1 Å². The molecular formula is C19H24Cl2N4O2+2. The average molecular weight is 411 g/mol. The number of carbonyl (C=O) groups is 1. The lowest BCUT2D eigenvalue weighted by Gasteiger charge is -2.29. The number of pyridine rings is 1. The number of ether oxygens (including phenoxy) is 1. The van der Waals surface area contributed by atoms with Gasteiger partial charge in [0.2, 0.25) is 0 Å². The van der Waals surface area contributed by atoms with Gasteiger partial charge >= 0.3 is 0 Å². The molecule has 1 saturated heterocycles. The van der Waals surface area contributed by atoms with E-state index in [2.05, 4.69) is 10.3 Å². The van der Waals surface area contributed by atoms with Crippen LogP contribution in [0.5, 0.6) is 5.75 Å². The summed E-state index contributed by atoms with van der Waals surface area (Å²) >= 11 is 11.8. The second-order valence-electron chi connectivity index (χ2n) is 6.62. The fourth-order valence-corrected chi connectivity index (χ4v) is 3.42. The molecule has 0 saturated carbocycles. The molecule has 8 heteroatoms. The molecule has 2 aromatic rings. The van der Waals surface area contributed by atoms with Crippen LogP contribution < -0.4 is 19.9 Å². The van der Waals surface area contributed by atoms with Gasteiger partial charge < -0.3 is 19.9 Å². The van der Waals surface area contributed by atoms with Crippen LogP contribution in [0.4, 0.5) is 5.69 Å². The van der Waals surface area contributed by atoms with Gasteiger partial charge in [0, 0.05) is 11.2 Å². The van der Waals surface area contributed by atoms with Crippen LogP contribution in [0.2, 0.25) is 10.2 Å². The fourth-order valence-electron chi connectivity index (χ4n) is 3.13. The molecule has 0 radical (unpaired) electrons. The molecule has 1 aromatic heterocycles. The van der Waals surface area contributed by atoms with Crippen molar-refractivity contribution in [3.05, 3.63) is 52.8 Å². The summed E-state index contributed by atoms with van der Waals surface area (Å²) in [4.78, 5) is 19.0. The molecule has 27 heavy (non-hydrogen) atoms. The van der Waals surface area contributed by atoms with Crippen LogP contribution in [0.3, 0.4) is 0 Å². The van der Waals surface area contributed by atoms with Crippen LogP contribution in [0.1, 0.15) is 0 Å². The van der Waals surface area contributed by atoms with Crippen molar-refractivity contribution in [2.24, 2.45) is 0 Å². The minimum atomic E-state index is -0.0329. The van der Waals surface area contributed by atoms with E-state index >= 15 is 0 Å². The van der Waals surface area contributed by atoms with E-state index in [0.29, 0.717) is 29.0 Å². The number of piperazine rings is 1. The molecule has 0 bridgehead atoms. The third kappa shape index (κ3) is 6.36. The quantitative estimate of drug-likeness (QED) is 0.571. The van der Waals surface area contributed by atoms with Gasteiger partial charge in [0.15, 0.2) is 11.7 Å². The van der Waals surface area contributed by atoms with Gasteiger partial charge in [-0.05, 0) is 36.4 Å².